The third-order valence-corrected chi connectivity index (χ3v) is 5.50. The second-order valence-corrected chi connectivity index (χ2v) is 7.48. The number of nitrogens with one attached hydrogen (secondary N) is 1. The molecule has 1 fully saturated rings. The molecule has 3 aromatic rings. The van der Waals surface area contributed by atoms with Crippen molar-refractivity contribution in [3.8, 4) is 11.4 Å². The first-order chi connectivity index (χ1) is 14.4. The lowest BCUT2D eigenvalue weighted by Crippen LogP contribution is -2.50. The fraction of sp³-hybridized carbons (Fsp3) is 0.250. The third-order valence-electron chi connectivity index (χ3n) is 4.73. The normalized spacial score (nSPS) is 14.6. The largest absolute Gasteiger partial charge is 0.416 e. The number of nitrogens with zero attached hydrogens (tertiary/aromatic N) is 4. The number of aromatic nitrogens is 2. The molecular weight excluding hydrogens is 415 g/mol. The summed E-state index contributed by atoms with van der Waals surface area (Å²) in [6.07, 6.45) is -4.45. The van der Waals surface area contributed by atoms with E-state index in [1.165, 1.54) is 23.7 Å². The van der Waals surface area contributed by atoms with Crippen LogP contribution in [0.1, 0.15) is 5.56 Å². The van der Waals surface area contributed by atoms with E-state index in [4.69, 9.17) is 0 Å². The molecule has 0 radical (unpaired) electrons. The van der Waals surface area contributed by atoms with Crippen LogP contribution in [0.4, 0.5) is 28.8 Å². The van der Waals surface area contributed by atoms with Gasteiger partial charge in [0.15, 0.2) is 5.82 Å². The van der Waals surface area contributed by atoms with Crippen molar-refractivity contribution in [2.75, 3.05) is 36.4 Å². The van der Waals surface area contributed by atoms with Gasteiger partial charge in [0.2, 0.25) is 5.13 Å². The number of hydrogen-bond donors (Lipinski definition) is 1. The highest BCUT2D eigenvalue weighted by Crippen LogP contribution is 2.31. The average molecular weight is 433 g/mol. The predicted molar refractivity (Wildman–Crippen MR) is 110 cm³/mol. The number of halogens is 3. The van der Waals surface area contributed by atoms with Gasteiger partial charge in [-0.1, -0.05) is 36.4 Å². The van der Waals surface area contributed by atoms with Gasteiger partial charge in [0.05, 0.1) is 5.56 Å². The van der Waals surface area contributed by atoms with Gasteiger partial charge in [0.25, 0.3) is 0 Å². The van der Waals surface area contributed by atoms with Crippen molar-refractivity contribution in [1.82, 2.24) is 14.3 Å². The fourth-order valence-corrected chi connectivity index (χ4v) is 3.86. The first-order valence-electron chi connectivity index (χ1n) is 9.27. The van der Waals surface area contributed by atoms with E-state index in [2.05, 4.69) is 19.6 Å². The molecule has 0 unspecified atom stereocenters. The number of alkyl halides is 3. The topological polar surface area (TPSA) is 61.4 Å². The van der Waals surface area contributed by atoms with Crippen molar-refractivity contribution in [1.29, 1.82) is 0 Å². The average Bonchev–Trinajstić information content (AvgIpc) is 3.24. The quantitative estimate of drug-likeness (QED) is 0.657. The molecule has 0 saturated carbocycles. The van der Waals surface area contributed by atoms with Gasteiger partial charge in [-0.2, -0.15) is 22.5 Å². The van der Waals surface area contributed by atoms with E-state index in [0.717, 1.165) is 22.8 Å². The minimum absolute atomic E-state index is 0.119. The molecule has 10 heteroatoms. The second-order valence-electron chi connectivity index (χ2n) is 6.75. The third kappa shape index (κ3) is 4.54. The first-order valence-corrected chi connectivity index (χ1v) is 10.0. The van der Waals surface area contributed by atoms with Crippen LogP contribution in [0.5, 0.6) is 0 Å². The standard InChI is InChI=1S/C20H18F3N5OS/c21-20(22,23)15-7-4-8-16(13-15)24-18(29)27-9-11-28(12-10-27)19-25-17(26-30-19)14-5-2-1-3-6-14/h1-8,13H,9-12H2,(H,24,29). The number of carbonyl (C=O) groups excluding carboxylic acids is 1. The van der Waals surface area contributed by atoms with Gasteiger partial charge in [-0.25, -0.2) is 4.79 Å². The van der Waals surface area contributed by atoms with E-state index in [1.54, 1.807) is 4.90 Å². The molecule has 2 amide bonds. The van der Waals surface area contributed by atoms with Crippen molar-refractivity contribution in [2.45, 2.75) is 6.18 Å². The van der Waals surface area contributed by atoms with E-state index < -0.39 is 17.8 Å². The Kier molecular flexibility index (Phi) is 5.58. The molecule has 0 spiro atoms. The monoisotopic (exact) mass is 433 g/mol. The van der Waals surface area contributed by atoms with Crippen LogP contribution in [0.15, 0.2) is 54.6 Å². The number of piperazine rings is 1. The van der Waals surface area contributed by atoms with Crippen molar-refractivity contribution < 1.29 is 18.0 Å². The van der Waals surface area contributed by atoms with Crippen molar-refractivity contribution in [2.24, 2.45) is 0 Å². The maximum Gasteiger partial charge on any atom is 0.416 e. The lowest BCUT2D eigenvalue weighted by Gasteiger charge is -2.34. The zero-order valence-electron chi connectivity index (χ0n) is 15.8. The summed E-state index contributed by atoms with van der Waals surface area (Å²) < 4.78 is 42.9. The van der Waals surface area contributed by atoms with E-state index >= 15 is 0 Å². The van der Waals surface area contributed by atoms with Gasteiger partial charge in [0.1, 0.15) is 0 Å². The molecule has 0 aliphatic carbocycles. The van der Waals surface area contributed by atoms with Gasteiger partial charge in [0, 0.05) is 49.0 Å². The molecular formula is C20H18F3N5OS. The minimum Gasteiger partial charge on any atom is -0.343 e. The number of amides is 2. The van der Waals surface area contributed by atoms with Crippen LogP contribution in [0.3, 0.4) is 0 Å². The molecule has 6 nitrogen and oxygen atoms in total. The van der Waals surface area contributed by atoms with Gasteiger partial charge in [-0.3, -0.25) is 0 Å². The Morgan fingerprint density at radius 2 is 1.73 bits per heavy atom. The van der Waals surface area contributed by atoms with E-state index in [0.29, 0.717) is 32.0 Å². The number of benzene rings is 2. The summed E-state index contributed by atoms with van der Waals surface area (Å²) in [6, 6.07) is 13.9. The number of rotatable bonds is 3. The predicted octanol–water partition coefficient (Wildman–Crippen LogP) is 4.58. The molecule has 156 valence electrons. The molecule has 1 saturated heterocycles. The smallest absolute Gasteiger partial charge is 0.343 e. The van der Waals surface area contributed by atoms with Gasteiger partial charge >= 0.3 is 12.2 Å². The number of anilines is 2. The van der Waals surface area contributed by atoms with Crippen LogP contribution in [0.25, 0.3) is 11.4 Å². The van der Waals surface area contributed by atoms with Crippen LogP contribution in [-0.2, 0) is 6.18 Å². The molecule has 1 N–H and O–H groups in total. The Hall–Kier alpha value is -3.14. The molecule has 2 aromatic carbocycles. The van der Waals surface area contributed by atoms with Crippen LogP contribution in [0, 0.1) is 0 Å². The number of hydrogen-bond acceptors (Lipinski definition) is 5. The second kappa shape index (κ2) is 8.31. The molecule has 0 bridgehead atoms. The highest BCUT2D eigenvalue weighted by Gasteiger charge is 2.31. The molecule has 1 aliphatic rings. The maximum atomic E-state index is 12.8. The van der Waals surface area contributed by atoms with E-state index in [9.17, 15) is 18.0 Å². The van der Waals surface area contributed by atoms with Crippen molar-refractivity contribution >= 4 is 28.4 Å². The highest BCUT2D eigenvalue weighted by molar-refractivity contribution is 7.09. The Morgan fingerprint density at radius 1 is 1.00 bits per heavy atom. The van der Waals surface area contributed by atoms with Crippen LogP contribution >= 0.6 is 11.5 Å². The maximum absolute atomic E-state index is 12.8. The molecule has 1 aliphatic heterocycles. The van der Waals surface area contributed by atoms with Crippen molar-refractivity contribution in [3.05, 3.63) is 60.2 Å². The van der Waals surface area contributed by atoms with Gasteiger partial charge < -0.3 is 15.1 Å². The Bertz CT molecular complexity index is 1020. The van der Waals surface area contributed by atoms with E-state index in [1.807, 2.05) is 30.3 Å². The Balaban J connectivity index is 1.35. The van der Waals surface area contributed by atoms with Crippen LogP contribution < -0.4 is 10.2 Å². The van der Waals surface area contributed by atoms with Gasteiger partial charge in [-0.15, -0.1) is 0 Å². The molecule has 1 aromatic heterocycles. The summed E-state index contributed by atoms with van der Waals surface area (Å²) in [6.45, 7) is 2.01. The SMILES string of the molecule is O=C(Nc1cccc(C(F)(F)F)c1)N1CCN(c2nc(-c3ccccc3)ns2)CC1. The number of carbonyl (C=O) groups is 1. The summed E-state index contributed by atoms with van der Waals surface area (Å²) in [4.78, 5) is 20.7. The van der Waals surface area contributed by atoms with Crippen LogP contribution in [0.2, 0.25) is 0 Å². The fourth-order valence-electron chi connectivity index (χ4n) is 3.13. The molecule has 0 atom stereocenters. The van der Waals surface area contributed by atoms with E-state index in [-0.39, 0.29) is 5.69 Å². The van der Waals surface area contributed by atoms with Crippen LogP contribution in [-0.4, -0.2) is 46.5 Å². The minimum atomic E-state index is -4.45. The lowest BCUT2D eigenvalue weighted by atomic mass is 10.2. The number of urea groups is 1. The molecule has 30 heavy (non-hydrogen) atoms. The van der Waals surface area contributed by atoms with Gasteiger partial charge in [-0.05, 0) is 18.2 Å². The summed E-state index contributed by atoms with van der Waals surface area (Å²) in [5.41, 5.74) is 0.267. The molecule has 4 rings (SSSR count). The highest BCUT2D eigenvalue weighted by atomic mass is 32.1. The zero-order valence-corrected chi connectivity index (χ0v) is 16.6. The summed E-state index contributed by atoms with van der Waals surface area (Å²) in [7, 11) is 0. The summed E-state index contributed by atoms with van der Waals surface area (Å²) >= 11 is 1.31. The van der Waals surface area contributed by atoms with Crippen molar-refractivity contribution in [3.63, 3.8) is 0 Å². The summed E-state index contributed by atoms with van der Waals surface area (Å²) in [5, 5.41) is 3.33. The summed E-state index contributed by atoms with van der Waals surface area (Å²) in [5.74, 6) is 0.667. The molecule has 2 heterocycles. The Labute approximate surface area is 175 Å². The lowest BCUT2D eigenvalue weighted by molar-refractivity contribution is -0.137. The first kappa shape index (κ1) is 20.1. The Morgan fingerprint density at radius 3 is 2.43 bits per heavy atom. The zero-order chi connectivity index (χ0) is 21.1.